The van der Waals surface area contributed by atoms with E-state index in [0.717, 1.165) is 22.6 Å². The number of rotatable bonds is 3. The van der Waals surface area contributed by atoms with Crippen LogP contribution in [0.4, 0.5) is 0 Å². The predicted octanol–water partition coefficient (Wildman–Crippen LogP) is 5.45. The van der Waals surface area contributed by atoms with Crippen molar-refractivity contribution in [1.82, 2.24) is 0 Å². The lowest BCUT2D eigenvalue weighted by atomic mass is 9.66. The third kappa shape index (κ3) is 3.59. The molecule has 5 heteroatoms. The summed E-state index contributed by atoms with van der Waals surface area (Å²) in [6.45, 7) is 1.86. The van der Waals surface area contributed by atoms with Crippen molar-refractivity contribution in [3.8, 4) is 11.8 Å². The lowest BCUT2D eigenvalue weighted by Crippen LogP contribution is -2.39. The van der Waals surface area contributed by atoms with Gasteiger partial charge in [0.25, 0.3) is 0 Å². The second kappa shape index (κ2) is 7.85. The largest absolute Gasteiger partial charge is 0.497 e. The van der Waals surface area contributed by atoms with Crippen LogP contribution in [-0.2, 0) is 4.79 Å². The number of hydrogen-bond acceptors (Lipinski definition) is 4. The Kier molecular flexibility index (Phi) is 5.25. The van der Waals surface area contributed by atoms with Crippen LogP contribution in [0.3, 0.4) is 0 Å². The summed E-state index contributed by atoms with van der Waals surface area (Å²) in [5.74, 6) is 0.288. The van der Waals surface area contributed by atoms with E-state index in [2.05, 4.69) is 6.07 Å². The highest BCUT2D eigenvalue weighted by Crippen LogP contribution is 2.45. The van der Waals surface area contributed by atoms with Crippen LogP contribution in [0.15, 0.2) is 64.8 Å². The van der Waals surface area contributed by atoms with Crippen LogP contribution in [0.25, 0.3) is 0 Å². The average molecular weight is 405 g/mol. The summed E-state index contributed by atoms with van der Waals surface area (Å²) < 4.78 is 5.25. The SMILES string of the molecule is COc1ccc([C@H]2C(C#N)=C(C)N=C3C[C@H](c4ccc(Cl)cc4)CC(=O)[C@H]32)cc1. The highest BCUT2D eigenvalue weighted by molar-refractivity contribution is 6.30. The second-order valence-electron chi connectivity index (χ2n) is 7.57. The second-order valence-corrected chi connectivity index (χ2v) is 8.00. The monoisotopic (exact) mass is 404 g/mol. The van der Waals surface area contributed by atoms with Crippen LogP contribution in [0.1, 0.15) is 42.7 Å². The first-order valence-electron chi connectivity index (χ1n) is 9.62. The number of halogens is 1. The number of aliphatic imine (C=N–C) groups is 1. The van der Waals surface area contributed by atoms with Crippen LogP contribution < -0.4 is 4.74 Å². The van der Waals surface area contributed by atoms with E-state index in [1.165, 1.54) is 0 Å². The molecule has 1 aliphatic carbocycles. The number of fused-ring (bicyclic) bond motifs is 1. The van der Waals surface area contributed by atoms with Gasteiger partial charge in [-0.25, -0.2) is 0 Å². The highest BCUT2D eigenvalue weighted by atomic mass is 35.5. The topological polar surface area (TPSA) is 62.4 Å². The van der Waals surface area contributed by atoms with Crippen LogP contribution in [0, 0.1) is 17.2 Å². The van der Waals surface area contributed by atoms with Gasteiger partial charge in [-0.3, -0.25) is 9.79 Å². The Balaban J connectivity index is 1.73. The maximum atomic E-state index is 13.3. The fraction of sp³-hybridized carbons (Fsp3) is 0.292. The molecule has 2 aromatic carbocycles. The number of benzene rings is 2. The first-order chi connectivity index (χ1) is 14.0. The van der Waals surface area contributed by atoms with Gasteiger partial charge >= 0.3 is 0 Å². The van der Waals surface area contributed by atoms with E-state index in [1.54, 1.807) is 7.11 Å². The van der Waals surface area contributed by atoms with E-state index in [9.17, 15) is 10.1 Å². The van der Waals surface area contributed by atoms with Crippen molar-refractivity contribution in [2.24, 2.45) is 10.9 Å². The minimum Gasteiger partial charge on any atom is -0.497 e. The Morgan fingerprint density at radius 1 is 1.03 bits per heavy atom. The average Bonchev–Trinajstić information content (AvgIpc) is 2.73. The number of allylic oxidation sites excluding steroid dienone is 2. The number of ether oxygens (including phenoxy) is 1. The molecule has 1 saturated carbocycles. The van der Waals surface area contributed by atoms with Gasteiger partial charge in [0.05, 0.1) is 30.4 Å². The Morgan fingerprint density at radius 3 is 2.31 bits per heavy atom. The molecule has 0 amide bonds. The molecule has 0 bridgehead atoms. The fourth-order valence-corrected chi connectivity index (χ4v) is 4.59. The first-order valence-corrected chi connectivity index (χ1v) is 10.00. The zero-order chi connectivity index (χ0) is 20.5. The maximum absolute atomic E-state index is 13.3. The van der Waals surface area contributed by atoms with Gasteiger partial charge in [-0.05, 0) is 54.7 Å². The molecule has 29 heavy (non-hydrogen) atoms. The summed E-state index contributed by atoms with van der Waals surface area (Å²) >= 11 is 6.01. The van der Waals surface area contributed by atoms with Crippen molar-refractivity contribution in [2.45, 2.75) is 31.6 Å². The molecule has 146 valence electrons. The van der Waals surface area contributed by atoms with E-state index in [-0.39, 0.29) is 23.5 Å². The number of carbonyl (C=O) groups excluding carboxylic acids is 1. The normalized spacial score (nSPS) is 23.9. The summed E-state index contributed by atoms with van der Waals surface area (Å²) in [7, 11) is 1.62. The van der Waals surface area contributed by atoms with E-state index in [1.807, 2.05) is 55.5 Å². The molecular weight excluding hydrogens is 384 g/mol. The van der Waals surface area contributed by atoms with E-state index in [0.29, 0.717) is 29.1 Å². The van der Waals surface area contributed by atoms with Gasteiger partial charge in [-0.15, -0.1) is 0 Å². The van der Waals surface area contributed by atoms with Gasteiger partial charge in [-0.1, -0.05) is 35.9 Å². The lowest BCUT2D eigenvalue weighted by Gasteiger charge is -2.37. The molecule has 0 spiro atoms. The lowest BCUT2D eigenvalue weighted by molar-refractivity contribution is -0.122. The maximum Gasteiger partial charge on any atom is 0.143 e. The molecule has 0 unspecified atom stereocenters. The van der Waals surface area contributed by atoms with Gasteiger partial charge in [-0.2, -0.15) is 5.26 Å². The van der Waals surface area contributed by atoms with Gasteiger partial charge in [0.2, 0.25) is 0 Å². The predicted molar refractivity (Wildman–Crippen MR) is 113 cm³/mol. The van der Waals surface area contributed by atoms with Crippen molar-refractivity contribution in [3.05, 3.63) is 76.0 Å². The molecule has 0 saturated heterocycles. The van der Waals surface area contributed by atoms with Gasteiger partial charge in [0.1, 0.15) is 11.5 Å². The minimum absolute atomic E-state index is 0.0859. The molecule has 1 aliphatic heterocycles. The fourth-order valence-electron chi connectivity index (χ4n) is 4.46. The summed E-state index contributed by atoms with van der Waals surface area (Å²) in [5, 5.41) is 10.5. The molecule has 3 atom stereocenters. The third-order valence-corrected chi connectivity index (χ3v) is 6.14. The quantitative estimate of drug-likeness (QED) is 0.683. The molecule has 0 radical (unpaired) electrons. The van der Waals surface area contributed by atoms with Gasteiger partial charge in [0.15, 0.2) is 0 Å². The number of carbonyl (C=O) groups is 1. The number of hydrogen-bond donors (Lipinski definition) is 0. The van der Waals surface area contributed by atoms with Crippen molar-refractivity contribution >= 4 is 23.1 Å². The Hall–Kier alpha value is -2.90. The van der Waals surface area contributed by atoms with E-state index in [4.69, 9.17) is 21.3 Å². The Morgan fingerprint density at radius 2 is 1.69 bits per heavy atom. The molecule has 4 nitrogen and oxygen atoms in total. The van der Waals surface area contributed by atoms with Gasteiger partial charge < -0.3 is 4.74 Å². The summed E-state index contributed by atoms with van der Waals surface area (Å²) in [5.41, 5.74) is 4.18. The molecule has 1 fully saturated rings. The molecule has 1 heterocycles. The minimum atomic E-state index is -0.384. The number of ketones is 1. The molecule has 0 aromatic heterocycles. The molecule has 0 N–H and O–H groups in total. The van der Waals surface area contributed by atoms with Crippen molar-refractivity contribution < 1.29 is 9.53 Å². The molecule has 2 aromatic rings. The molecular formula is C24H21ClN2O2. The zero-order valence-corrected chi connectivity index (χ0v) is 17.1. The van der Waals surface area contributed by atoms with Crippen molar-refractivity contribution in [2.75, 3.05) is 7.11 Å². The van der Waals surface area contributed by atoms with Crippen molar-refractivity contribution in [1.29, 1.82) is 5.26 Å². The van der Waals surface area contributed by atoms with Crippen molar-refractivity contribution in [3.63, 3.8) is 0 Å². The van der Waals surface area contributed by atoms with Crippen LogP contribution in [0.2, 0.25) is 5.02 Å². The standard InChI is InChI=1S/C24H21ClN2O2/c1-14-20(13-26)23(16-5-9-19(29-2)10-6-16)24-21(27-14)11-17(12-22(24)28)15-3-7-18(25)8-4-15/h3-10,17,23-24H,11-12H2,1-2H3/t17-,23-,24-/m0/s1. The smallest absolute Gasteiger partial charge is 0.143 e. The first kappa shape index (κ1) is 19.4. The van der Waals surface area contributed by atoms with E-state index < -0.39 is 0 Å². The van der Waals surface area contributed by atoms with Crippen LogP contribution in [0.5, 0.6) is 5.75 Å². The summed E-state index contributed by atoms with van der Waals surface area (Å²) in [6.07, 6.45) is 1.15. The number of methoxy groups -OCH3 is 1. The Labute approximate surface area is 175 Å². The third-order valence-electron chi connectivity index (χ3n) is 5.89. The van der Waals surface area contributed by atoms with Gasteiger partial charge in [0, 0.05) is 23.1 Å². The summed E-state index contributed by atoms with van der Waals surface area (Å²) in [6, 6.07) is 17.6. The molecule has 2 aliphatic rings. The molecule has 4 rings (SSSR count). The Bertz CT molecular complexity index is 1050. The van der Waals surface area contributed by atoms with Crippen LogP contribution >= 0.6 is 11.6 Å². The summed E-state index contributed by atoms with van der Waals surface area (Å²) in [4.78, 5) is 18.0. The number of nitriles is 1. The number of nitrogens with zero attached hydrogens (tertiary/aromatic N) is 2. The highest BCUT2D eigenvalue weighted by Gasteiger charge is 2.44. The van der Waals surface area contributed by atoms with Crippen LogP contribution in [-0.4, -0.2) is 18.6 Å². The zero-order valence-electron chi connectivity index (χ0n) is 16.4. The van der Waals surface area contributed by atoms with E-state index >= 15 is 0 Å². The number of Topliss-reactive ketones (excluding diaryl/α,β-unsaturated/α-hetero) is 1.